The van der Waals surface area contributed by atoms with Gasteiger partial charge in [0.05, 0.1) is 7.11 Å². The lowest BCUT2D eigenvalue weighted by Gasteiger charge is -2.19. The molecule has 0 spiro atoms. The molecule has 0 bridgehead atoms. The number of hydrogen-bond acceptors (Lipinski definition) is 5. The number of methoxy groups -OCH3 is 1. The van der Waals surface area contributed by atoms with Crippen LogP contribution in [0.1, 0.15) is 40.0 Å². The molecule has 1 unspecified atom stereocenters. The third-order valence-electron chi connectivity index (χ3n) is 2.69. The van der Waals surface area contributed by atoms with E-state index in [0.717, 1.165) is 13.0 Å². The van der Waals surface area contributed by atoms with Crippen LogP contribution in [0.3, 0.4) is 0 Å². The van der Waals surface area contributed by atoms with Gasteiger partial charge >= 0.3 is 5.97 Å². The zero-order chi connectivity index (χ0) is 14.0. The van der Waals surface area contributed by atoms with Gasteiger partial charge in [-0.2, -0.15) is 0 Å². The van der Waals surface area contributed by atoms with Crippen molar-refractivity contribution in [2.75, 3.05) is 26.9 Å². The number of carbonyl (C=O) groups is 1. The number of esters is 1. The van der Waals surface area contributed by atoms with Gasteiger partial charge in [-0.25, -0.2) is 0 Å². The van der Waals surface area contributed by atoms with E-state index in [0.29, 0.717) is 25.0 Å². The van der Waals surface area contributed by atoms with Crippen molar-refractivity contribution in [3.05, 3.63) is 0 Å². The molecule has 0 fully saturated rings. The summed E-state index contributed by atoms with van der Waals surface area (Å²) in [5.41, 5.74) is 5.83. The first-order valence-electron chi connectivity index (χ1n) is 6.62. The molecule has 5 heteroatoms. The molecule has 0 saturated carbocycles. The second-order valence-corrected chi connectivity index (χ2v) is 5.70. The lowest BCUT2D eigenvalue weighted by Crippen LogP contribution is -2.44. The standard InChI is InChI=1S/C13H29N3O2/c1-13(2,3)7-5-9-15-10-16-11(6-8-14)12(17)18-4/h11,15-16H,5-10,14H2,1-4H3. The Morgan fingerprint density at radius 1 is 1.39 bits per heavy atom. The van der Waals surface area contributed by atoms with Crippen molar-refractivity contribution in [3.63, 3.8) is 0 Å². The van der Waals surface area contributed by atoms with Crippen LogP contribution < -0.4 is 16.4 Å². The van der Waals surface area contributed by atoms with Gasteiger partial charge < -0.3 is 15.8 Å². The molecule has 18 heavy (non-hydrogen) atoms. The van der Waals surface area contributed by atoms with Gasteiger partial charge in [0, 0.05) is 6.67 Å². The van der Waals surface area contributed by atoms with Gasteiger partial charge in [0.1, 0.15) is 6.04 Å². The molecule has 5 nitrogen and oxygen atoms in total. The highest BCUT2D eigenvalue weighted by Gasteiger charge is 2.16. The van der Waals surface area contributed by atoms with Crippen molar-refractivity contribution in [1.82, 2.24) is 10.6 Å². The molecule has 108 valence electrons. The van der Waals surface area contributed by atoms with Gasteiger partial charge in [-0.05, 0) is 37.8 Å². The van der Waals surface area contributed by atoms with Crippen LogP contribution in [-0.2, 0) is 9.53 Å². The summed E-state index contributed by atoms with van der Waals surface area (Å²) in [7, 11) is 1.39. The molecular weight excluding hydrogens is 230 g/mol. The number of rotatable bonds is 9. The molecule has 0 saturated heterocycles. The van der Waals surface area contributed by atoms with Crippen LogP contribution in [0.25, 0.3) is 0 Å². The maximum Gasteiger partial charge on any atom is 0.322 e. The molecule has 0 aliphatic rings. The molecule has 0 aliphatic heterocycles. The Morgan fingerprint density at radius 3 is 2.56 bits per heavy atom. The second kappa shape index (κ2) is 9.30. The molecule has 0 aromatic heterocycles. The zero-order valence-electron chi connectivity index (χ0n) is 12.2. The summed E-state index contributed by atoms with van der Waals surface area (Å²) < 4.78 is 4.70. The maximum atomic E-state index is 11.4. The van der Waals surface area contributed by atoms with Crippen molar-refractivity contribution >= 4 is 5.97 Å². The summed E-state index contributed by atoms with van der Waals surface area (Å²) in [5, 5.41) is 6.37. The number of nitrogens with two attached hydrogens (primary N) is 1. The maximum absolute atomic E-state index is 11.4. The van der Waals surface area contributed by atoms with Crippen LogP contribution in [-0.4, -0.2) is 38.9 Å². The van der Waals surface area contributed by atoms with Crippen LogP contribution in [0.15, 0.2) is 0 Å². The van der Waals surface area contributed by atoms with Gasteiger partial charge in [-0.1, -0.05) is 20.8 Å². The minimum absolute atomic E-state index is 0.253. The number of nitrogens with one attached hydrogen (secondary N) is 2. The Bertz CT molecular complexity index is 227. The first-order chi connectivity index (χ1) is 8.40. The van der Waals surface area contributed by atoms with E-state index in [2.05, 4.69) is 31.4 Å². The summed E-state index contributed by atoms with van der Waals surface area (Å²) in [6.07, 6.45) is 2.91. The summed E-state index contributed by atoms with van der Waals surface area (Å²) in [6.45, 7) is 8.72. The van der Waals surface area contributed by atoms with Crippen molar-refractivity contribution in [3.8, 4) is 0 Å². The second-order valence-electron chi connectivity index (χ2n) is 5.70. The Labute approximate surface area is 111 Å². The Balaban J connectivity index is 3.64. The summed E-state index contributed by atoms with van der Waals surface area (Å²) >= 11 is 0. The first kappa shape index (κ1) is 17.4. The highest BCUT2D eigenvalue weighted by Crippen LogP contribution is 2.19. The fourth-order valence-electron chi connectivity index (χ4n) is 1.64. The van der Waals surface area contributed by atoms with Crippen LogP contribution in [0, 0.1) is 5.41 Å². The monoisotopic (exact) mass is 259 g/mol. The minimum Gasteiger partial charge on any atom is -0.468 e. The first-order valence-corrected chi connectivity index (χ1v) is 6.62. The third kappa shape index (κ3) is 9.39. The molecule has 0 aromatic carbocycles. The van der Waals surface area contributed by atoms with E-state index in [9.17, 15) is 4.79 Å². The molecular formula is C13H29N3O2. The Kier molecular flexibility index (Phi) is 8.97. The summed E-state index contributed by atoms with van der Waals surface area (Å²) in [4.78, 5) is 11.4. The number of ether oxygens (including phenoxy) is 1. The van der Waals surface area contributed by atoms with E-state index in [4.69, 9.17) is 10.5 Å². The lowest BCUT2D eigenvalue weighted by atomic mass is 9.91. The minimum atomic E-state index is -0.310. The van der Waals surface area contributed by atoms with Crippen molar-refractivity contribution in [2.45, 2.75) is 46.1 Å². The van der Waals surface area contributed by atoms with Crippen molar-refractivity contribution in [2.24, 2.45) is 11.1 Å². The topological polar surface area (TPSA) is 76.4 Å². The molecule has 0 aromatic rings. The lowest BCUT2D eigenvalue weighted by molar-refractivity contribution is -0.143. The number of carbonyl (C=O) groups excluding carboxylic acids is 1. The normalized spacial score (nSPS) is 13.4. The van der Waals surface area contributed by atoms with Crippen molar-refractivity contribution in [1.29, 1.82) is 0 Å². The Hall–Kier alpha value is -0.650. The average molecular weight is 259 g/mol. The van der Waals surface area contributed by atoms with E-state index >= 15 is 0 Å². The summed E-state index contributed by atoms with van der Waals surface area (Å²) in [6, 6.07) is -0.310. The molecule has 0 aliphatic carbocycles. The summed E-state index contributed by atoms with van der Waals surface area (Å²) in [5.74, 6) is -0.253. The highest BCUT2D eigenvalue weighted by molar-refractivity contribution is 5.75. The fourth-order valence-corrected chi connectivity index (χ4v) is 1.64. The molecule has 1 atom stereocenters. The average Bonchev–Trinajstić information content (AvgIpc) is 2.29. The van der Waals surface area contributed by atoms with E-state index in [1.807, 2.05) is 0 Å². The predicted octanol–water partition coefficient (Wildman–Crippen LogP) is 0.840. The van der Waals surface area contributed by atoms with Gasteiger partial charge in [-0.15, -0.1) is 0 Å². The van der Waals surface area contributed by atoms with E-state index in [-0.39, 0.29) is 12.0 Å². The SMILES string of the molecule is COC(=O)C(CCN)NCNCCCC(C)(C)C. The van der Waals surface area contributed by atoms with Crippen LogP contribution in [0.5, 0.6) is 0 Å². The van der Waals surface area contributed by atoms with E-state index < -0.39 is 0 Å². The largest absolute Gasteiger partial charge is 0.468 e. The van der Waals surface area contributed by atoms with Crippen LogP contribution in [0.2, 0.25) is 0 Å². The third-order valence-corrected chi connectivity index (χ3v) is 2.69. The van der Waals surface area contributed by atoms with Crippen LogP contribution in [0.4, 0.5) is 0 Å². The smallest absolute Gasteiger partial charge is 0.322 e. The molecule has 0 radical (unpaired) electrons. The van der Waals surface area contributed by atoms with E-state index in [1.165, 1.54) is 13.5 Å². The van der Waals surface area contributed by atoms with Gasteiger partial charge in [-0.3, -0.25) is 10.1 Å². The molecule has 4 N–H and O–H groups in total. The fraction of sp³-hybridized carbons (Fsp3) is 0.923. The Morgan fingerprint density at radius 2 is 2.06 bits per heavy atom. The van der Waals surface area contributed by atoms with E-state index in [1.54, 1.807) is 0 Å². The quantitative estimate of drug-likeness (QED) is 0.325. The van der Waals surface area contributed by atoms with Gasteiger partial charge in [0.25, 0.3) is 0 Å². The number of hydrogen-bond donors (Lipinski definition) is 3. The van der Waals surface area contributed by atoms with Gasteiger partial charge in [0.15, 0.2) is 0 Å². The molecule has 0 rings (SSSR count). The molecule has 0 amide bonds. The zero-order valence-corrected chi connectivity index (χ0v) is 12.2. The van der Waals surface area contributed by atoms with Gasteiger partial charge in [0.2, 0.25) is 0 Å². The molecule has 0 heterocycles. The van der Waals surface area contributed by atoms with Crippen LogP contribution >= 0.6 is 0 Å². The van der Waals surface area contributed by atoms with Crippen molar-refractivity contribution < 1.29 is 9.53 Å². The highest BCUT2D eigenvalue weighted by atomic mass is 16.5. The predicted molar refractivity (Wildman–Crippen MR) is 74.2 cm³/mol.